The minimum absolute atomic E-state index is 0.193. The first kappa shape index (κ1) is 14.7. The van der Waals surface area contributed by atoms with Crippen LogP contribution in [0.25, 0.3) is 0 Å². The topological polar surface area (TPSA) is 53.2 Å². The maximum Gasteiger partial charge on any atom is 0.318 e. The molecule has 4 heteroatoms. The molecule has 0 aliphatic heterocycles. The molecule has 1 aromatic carbocycles. The van der Waals surface area contributed by atoms with E-state index in [1.807, 2.05) is 24.3 Å². The molecule has 0 spiro atoms. The van der Waals surface area contributed by atoms with E-state index in [0.29, 0.717) is 0 Å². The van der Waals surface area contributed by atoms with Gasteiger partial charge in [0.05, 0.1) is 0 Å². The van der Waals surface area contributed by atoms with Gasteiger partial charge < -0.3 is 16.0 Å². The van der Waals surface area contributed by atoms with Crippen LogP contribution in [-0.2, 0) is 0 Å². The number of amides is 2. The average molecular weight is 275 g/mol. The average Bonchev–Trinajstić information content (AvgIpc) is 2.48. The lowest BCUT2D eigenvalue weighted by molar-refractivity contribution is 0.254. The van der Waals surface area contributed by atoms with Gasteiger partial charge in [0.1, 0.15) is 0 Å². The van der Waals surface area contributed by atoms with E-state index in [2.05, 4.69) is 22.9 Å². The van der Waals surface area contributed by atoms with E-state index in [4.69, 9.17) is 0 Å². The van der Waals surface area contributed by atoms with Crippen LogP contribution in [0.15, 0.2) is 24.3 Å². The maximum absolute atomic E-state index is 11.2. The molecule has 110 valence electrons. The Kier molecular flexibility index (Phi) is 5.27. The summed E-state index contributed by atoms with van der Waals surface area (Å²) in [5, 5.41) is 8.78. The summed E-state index contributed by atoms with van der Waals surface area (Å²) < 4.78 is 0. The van der Waals surface area contributed by atoms with E-state index in [-0.39, 0.29) is 6.03 Å². The van der Waals surface area contributed by atoms with Crippen LogP contribution in [0.2, 0.25) is 0 Å². The second-order valence-corrected chi connectivity index (χ2v) is 5.79. The largest absolute Gasteiger partial charge is 0.385 e. The third-order valence-electron chi connectivity index (χ3n) is 4.10. The van der Waals surface area contributed by atoms with Gasteiger partial charge >= 0.3 is 6.03 Å². The van der Waals surface area contributed by atoms with Crippen molar-refractivity contribution in [2.45, 2.75) is 32.6 Å². The van der Waals surface area contributed by atoms with Crippen LogP contribution in [-0.4, -0.2) is 19.6 Å². The van der Waals surface area contributed by atoms with E-state index < -0.39 is 0 Å². The number of hydrogen-bond donors (Lipinski definition) is 3. The number of anilines is 2. The summed E-state index contributed by atoms with van der Waals surface area (Å²) in [6.45, 7) is 3.40. The number of carbonyl (C=O) groups excluding carboxylic acids is 1. The fourth-order valence-electron chi connectivity index (χ4n) is 2.66. The van der Waals surface area contributed by atoms with E-state index >= 15 is 0 Å². The van der Waals surface area contributed by atoms with Crippen LogP contribution < -0.4 is 16.0 Å². The number of urea groups is 1. The summed E-state index contributed by atoms with van der Waals surface area (Å²) in [7, 11) is 1.61. The van der Waals surface area contributed by atoms with Crippen LogP contribution in [0.5, 0.6) is 0 Å². The quantitative estimate of drug-likeness (QED) is 0.785. The zero-order valence-electron chi connectivity index (χ0n) is 12.4. The molecule has 4 nitrogen and oxygen atoms in total. The molecule has 0 saturated heterocycles. The molecule has 1 aliphatic carbocycles. The lowest BCUT2D eigenvalue weighted by Gasteiger charge is -2.26. The minimum atomic E-state index is -0.193. The summed E-state index contributed by atoms with van der Waals surface area (Å²) >= 11 is 0. The van der Waals surface area contributed by atoms with Crippen LogP contribution in [0.4, 0.5) is 16.2 Å². The second-order valence-electron chi connectivity index (χ2n) is 5.79. The number of rotatable bonds is 4. The van der Waals surface area contributed by atoms with Gasteiger partial charge in [0.25, 0.3) is 0 Å². The third-order valence-corrected chi connectivity index (χ3v) is 4.10. The van der Waals surface area contributed by atoms with Gasteiger partial charge in [0, 0.05) is 25.0 Å². The molecule has 20 heavy (non-hydrogen) atoms. The molecule has 0 atom stereocenters. The number of benzene rings is 1. The highest BCUT2D eigenvalue weighted by molar-refractivity contribution is 5.89. The van der Waals surface area contributed by atoms with Gasteiger partial charge in [-0.15, -0.1) is 0 Å². The van der Waals surface area contributed by atoms with E-state index in [1.54, 1.807) is 7.05 Å². The van der Waals surface area contributed by atoms with Crippen molar-refractivity contribution in [3.05, 3.63) is 24.3 Å². The number of hydrogen-bond acceptors (Lipinski definition) is 2. The normalized spacial score (nSPS) is 22.1. The summed E-state index contributed by atoms with van der Waals surface area (Å²) in [6, 6.07) is 7.66. The zero-order chi connectivity index (χ0) is 14.4. The Hall–Kier alpha value is -1.71. The molecule has 2 rings (SSSR count). The van der Waals surface area contributed by atoms with Crippen molar-refractivity contribution >= 4 is 17.4 Å². The first-order valence-electron chi connectivity index (χ1n) is 7.50. The molecular weight excluding hydrogens is 250 g/mol. The Morgan fingerprint density at radius 1 is 1.10 bits per heavy atom. The predicted octanol–water partition coefficient (Wildman–Crippen LogP) is 3.68. The Morgan fingerprint density at radius 3 is 2.30 bits per heavy atom. The predicted molar refractivity (Wildman–Crippen MR) is 84.1 cm³/mol. The van der Waals surface area contributed by atoms with Crippen molar-refractivity contribution < 1.29 is 4.79 Å². The van der Waals surface area contributed by atoms with Crippen LogP contribution in [0, 0.1) is 11.8 Å². The highest BCUT2D eigenvalue weighted by Gasteiger charge is 2.17. The van der Waals surface area contributed by atoms with Gasteiger partial charge in [0.15, 0.2) is 0 Å². The molecule has 1 fully saturated rings. The smallest absolute Gasteiger partial charge is 0.318 e. The molecule has 0 heterocycles. The lowest BCUT2D eigenvalue weighted by Crippen LogP contribution is -2.24. The molecule has 0 unspecified atom stereocenters. The van der Waals surface area contributed by atoms with Crippen LogP contribution in [0.3, 0.4) is 0 Å². The lowest BCUT2D eigenvalue weighted by atomic mass is 9.83. The Morgan fingerprint density at radius 2 is 1.70 bits per heavy atom. The highest BCUT2D eigenvalue weighted by atomic mass is 16.2. The van der Waals surface area contributed by atoms with Crippen LogP contribution >= 0.6 is 0 Å². The van der Waals surface area contributed by atoms with Gasteiger partial charge in [0.2, 0.25) is 0 Å². The maximum atomic E-state index is 11.2. The van der Waals surface area contributed by atoms with E-state index in [0.717, 1.165) is 29.8 Å². The number of carbonyl (C=O) groups is 1. The third kappa shape index (κ3) is 4.44. The van der Waals surface area contributed by atoms with Crippen molar-refractivity contribution in [3.8, 4) is 0 Å². The summed E-state index contributed by atoms with van der Waals surface area (Å²) in [5.41, 5.74) is 1.92. The zero-order valence-corrected chi connectivity index (χ0v) is 12.4. The van der Waals surface area contributed by atoms with Gasteiger partial charge in [-0.05, 0) is 48.9 Å². The van der Waals surface area contributed by atoms with Gasteiger partial charge in [-0.3, -0.25) is 0 Å². The molecular formula is C16H25N3O. The SMILES string of the molecule is CNC(=O)Nc1ccc(NCC2CCC(C)CC2)cc1. The molecule has 1 aromatic rings. The molecule has 0 bridgehead atoms. The van der Waals surface area contributed by atoms with Crippen molar-refractivity contribution in [3.63, 3.8) is 0 Å². The molecule has 0 radical (unpaired) electrons. The highest BCUT2D eigenvalue weighted by Crippen LogP contribution is 2.28. The van der Waals surface area contributed by atoms with E-state index in [1.165, 1.54) is 25.7 Å². The molecule has 0 aromatic heterocycles. The van der Waals surface area contributed by atoms with Gasteiger partial charge in [-0.1, -0.05) is 19.8 Å². The van der Waals surface area contributed by atoms with Crippen molar-refractivity contribution in [2.24, 2.45) is 11.8 Å². The van der Waals surface area contributed by atoms with Gasteiger partial charge in [-0.25, -0.2) is 4.79 Å². The van der Waals surface area contributed by atoms with Crippen molar-refractivity contribution in [1.82, 2.24) is 5.32 Å². The summed E-state index contributed by atoms with van der Waals surface area (Å²) in [4.78, 5) is 11.2. The molecule has 2 amide bonds. The number of nitrogens with one attached hydrogen (secondary N) is 3. The van der Waals surface area contributed by atoms with Crippen LogP contribution in [0.1, 0.15) is 32.6 Å². The Labute approximate surface area is 121 Å². The van der Waals surface area contributed by atoms with Crippen molar-refractivity contribution in [1.29, 1.82) is 0 Å². The van der Waals surface area contributed by atoms with Crippen molar-refractivity contribution in [2.75, 3.05) is 24.2 Å². The van der Waals surface area contributed by atoms with Gasteiger partial charge in [-0.2, -0.15) is 0 Å². The molecule has 3 N–H and O–H groups in total. The fraction of sp³-hybridized carbons (Fsp3) is 0.562. The summed E-state index contributed by atoms with van der Waals surface area (Å²) in [6.07, 6.45) is 5.40. The first-order chi connectivity index (χ1) is 9.67. The second kappa shape index (κ2) is 7.17. The van der Waals surface area contributed by atoms with E-state index in [9.17, 15) is 4.79 Å². The molecule has 1 saturated carbocycles. The monoisotopic (exact) mass is 275 g/mol. The first-order valence-corrected chi connectivity index (χ1v) is 7.50. The Balaban J connectivity index is 1.77. The fourth-order valence-corrected chi connectivity index (χ4v) is 2.66. The summed E-state index contributed by atoms with van der Waals surface area (Å²) in [5.74, 6) is 1.70. The Bertz CT molecular complexity index is 422. The molecule has 1 aliphatic rings. The standard InChI is InChI=1S/C16H25N3O/c1-12-3-5-13(6-4-12)11-18-14-7-9-15(10-8-14)19-16(20)17-2/h7-10,12-13,18H,3-6,11H2,1-2H3,(H2,17,19,20). The minimum Gasteiger partial charge on any atom is -0.385 e.